The molecule has 1 aromatic carbocycles. The van der Waals surface area contributed by atoms with E-state index >= 15 is 0 Å². The molecule has 9 nitrogen and oxygen atoms in total. The van der Waals surface area contributed by atoms with E-state index in [1.165, 1.54) is 6.07 Å². The van der Waals surface area contributed by atoms with Crippen molar-refractivity contribution in [3.8, 4) is 11.8 Å². The van der Waals surface area contributed by atoms with Crippen molar-refractivity contribution in [2.75, 3.05) is 0 Å². The van der Waals surface area contributed by atoms with Crippen LogP contribution in [0.25, 0.3) is 0 Å². The minimum absolute atomic E-state index is 0.0361. The van der Waals surface area contributed by atoms with Gasteiger partial charge < -0.3 is 20.4 Å². The first-order valence-corrected chi connectivity index (χ1v) is 6.80. The first-order valence-electron chi connectivity index (χ1n) is 6.80. The zero-order valence-electron chi connectivity index (χ0n) is 12.8. The molecule has 1 heterocycles. The second-order valence-electron chi connectivity index (χ2n) is 4.86. The SMILES string of the molecule is O=C(O)c1cc(C#Cc2ccc(C(=O)O)c(C(=O)O)c2)cc(C(=O)O)n1. The molecule has 9 heteroatoms. The second-order valence-corrected chi connectivity index (χ2v) is 4.86. The normalized spacial score (nSPS) is 9.69. The van der Waals surface area contributed by atoms with Crippen LogP contribution < -0.4 is 0 Å². The van der Waals surface area contributed by atoms with E-state index in [1.807, 2.05) is 0 Å². The Balaban J connectivity index is 2.51. The lowest BCUT2D eigenvalue weighted by atomic mass is 10.0. The fourth-order valence-electron chi connectivity index (χ4n) is 1.95. The third kappa shape index (κ3) is 4.01. The van der Waals surface area contributed by atoms with Crippen molar-refractivity contribution in [3.05, 3.63) is 64.0 Å². The van der Waals surface area contributed by atoms with Crippen LogP contribution in [0.2, 0.25) is 0 Å². The van der Waals surface area contributed by atoms with Gasteiger partial charge in [0.2, 0.25) is 0 Å². The molecule has 0 unspecified atom stereocenters. The van der Waals surface area contributed by atoms with Crippen LogP contribution in [0, 0.1) is 11.8 Å². The van der Waals surface area contributed by atoms with E-state index in [4.69, 9.17) is 20.4 Å². The highest BCUT2D eigenvalue weighted by Gasteiger charge is 2.16. The number of carbonyl (C=O) groups is 4. The van der Waals surface area contributed by atoms with Gasteiger partial charge in [0.1, 0.15) is 11.4 Å². The third-order valence-electron chi connectivity index (χ3n) is 3.10. The van der Waals surface area contributed by atoms with E-state index < -0.39 is 46.4 Å². The molecular formula is C17H9NO8. The number of hydrogen-bond donors (Lipinski definition) is 4. The molecule has 0 aliphatic rings. The summed E-state index contributed by atoms with van der Waals surface area (Å²) >= 11 is 0. The molecule has 0 aliphatic carbocycles. The Hall–Kier alpha value is -4.19. The Morgan fingerprint density at radius 2 is 1.15 bits per heavy atom. The summed E-state index contributed by atoms with van der Waals surface area (Å²) in [6, 6.07) is 5.53. The van der Waals surface area contributed by atoms with Gasteiger partial charge in [0, 0.05) is 11.1 Å². The van der Waals surface area contributed by atoms with Gasteiger partial charge in [-0.25, -0.2) is 24.2 Å². The van der Waals surface area contributed by atoms with Gasteiger partial charge in [-0.3, -0.25) is 0 Å². The smallest absolute Gasteiger partial charge is 0.354 e. The monoisotopic (exact) mass is 355 g/mol. The molecule has 2 rings (SSSR count). The molecule has 0 amide bonds. The standard InChI is InChI=1S/C17H9NO8/c19-14(20)10-4-3-8(5-11(10)15(21)22)1-2-9-6-12(16(23)24)18-13(7-9)17(25)26/h3-7H,(H,19,20)(H,21,22)(H,23,24)(H,25,26). The summed E-state index contributed by atoms with van der Waals surface area (Å²) in [6.45, 7) is 0. The molecule has 130 valence electrons. The number of rotatable bonds is 4. The zero-order chi connectivity index (χ0) is 19.4. The second kappa shape index (κ2) is 7.14. The minimum Gasteiger partial charge on any atom is -0.478 e. The summed E-state index contributed by atoms with van der Waals surface area (Å²) in [5.41, 5.74) is -1.71. The lowest BCUT2D eigenvalue weighted by Crippen LogP contribution is -2.08. The fourth-order valence-corrected chi connectivity index (χ4v) is 1.95. The fraction of sp³-hybridized carbons (Fsp3) is 0. The maximum Gasteiger partial charge on any atom is 0.354 e. The molecular weight excluding hydrogens is 346 g/mol. The summed E-state index contributed by atoms with van der Waals surface area (Å²) in [4.78, 5) is 47.6. The van der Waals surface area contributed by atoms with Crippen LogP contribution in [0.4, 0.5) is 0 Å². The zero-order valence-corrected chi connectivity index (χ0v) is 12.8. The maximum atomic E-state index is 11.1. The molecule has 4 N–H and O–H groups in total. The Bertz CT molecular complexity index is 981. The first kappa shape index (κ1) is 18.2. The molecule has 2 aromatic rings. The molecule has 0 bridgehead atoms. The molecule has 0 spiro atoms. The van der Waals surface area contributed by atoms with Crippen molar-refractivity contribution in [2.45, 2.75) is 0 Å². The van der Waals surface area contributed by atoms with E-state index in [-0.39, 0.29) is 11.1 Å². The van der Waals surface area contributed by atoms with Crippen molar-refractivity contribution in [1.82, 2.24) is 4.98 Å². The van der Waals surface area contributed by atoms with Gasteiger partial charge in [-0.2, -0.15) is 0 Å². The van der Waals surface area contributed by atoms with Crippen molar-refractivity contribution < 1.29 is 39.6 Å². The van der Waals surface area contributed by atoms with Crippen molar-refractivity contribution in [1.29, 1.82) is 0 Å². The third-order valence-corrected chi connectivity index (χ3v) is 3.10. The Morgan fingerprint density at radius 3 is 1.62 bits per heavy atom. The number of pyridine rings is 1. The van der Waals surface area contributed by atoms with Gasteiger partial charge >= 0.3 is 23.9 Å². The van der Waals surface area contributed by atoms with Gasteiger partial charge in [0.25, 0.3) is 0 Å². The average molecular weight is 355 g/mol. The van der Waals surface area contributed by atoms with Crippen LogP contribution in [0.15, 0.2) is 30.3 Å². The van der Waals surface area contributed by atoms with Crippen LogP contribution >= 0.6 is 0 Å². The van der Waals surface area contributed by atoms with Gasteiger partial charge in [0.05, 0.1) is 11.1 Å². The summed E-state index contributed by atoms with van der Waals surface area (Å²) in [7, 11) is 0. The average Bonchev–Trinajstić information content (AvgIpc) is 2.59. The molecule has 0 aliphatic heterocycles. The Labute approximate surface area is 145 Å². The topological polar surface area (TPSA) is 162 Å². The van der Waals surface area contributed by atoms with Gasteiger partial charge in [-0.05, 0) is 30.3 Å². The van der Waals surface area contributed by atoms with E-state index in [2.05, 4.69) is 16.8 Å². The van der Waals surface area contributed by atoms with Crippen molar-refractivity contribution in [3.63, 3.8) is 0 Å². The van der Waals surface area contributed by atoms with E-state index in [9.17, 15) is 19.2 Å². The summed E-state index contributed by atoms with van der Waals surface area (Å²) < 4.78 is 0. The lowest BCUT2D eigenvalue weighted by molar-refractivity contribution is 0.0651. The number of nitrogens with zero attached hydrogens (tertiary/aromatic N) is 1. The highest BCUT2D eigenvalue weighted by Crippen LogP contribution is 2.13. The van der Waals surface area contributed by atoms with E-state index in [0.29, 0.717) is 0 Å². The molecule has 1 aromatic heterocycles. The van der Waals surface area contributed by atoms with Gasteiger partial charge in [-0.1, -0.05) is 11.8 Å². The molecule has 0 atom stereocenters. The molecule has 0 saturated carbocycles. The predicted octanol–water partition coefficient (Wildman–Crippen LogP) is 1.27. The van der Waals surface area contributed by atoms with E-state index in [1.54, 1.807) is 0 Å². The van der Waals surface area contributed by atoms with Crippen LogP contribution in [-0.2, 0) is 0 Å². The van der Waals surface area contributed by atoms with E-state index in [0.717, 1.165) is 24.3 Å². The van der Waals surface area contributed by atoms with Crippen molar-refractivity contribution in [2.24, 2.45) is 0 Å². The lowest BCUT2D eigenvalue weighted by Gasteiger charge is -2.02. The van der Waals surface area contributed by atoms with Crippen LogP contribution in [0.1, 0.15) is 52.8 Å². The quantitative estimate of drug-likeness (QED) is 0.591. The molecule has 0 radical (unpaired) electrons. The highest BCUT2D eigenvalue weighted by molar-refractivity contribution is 6.02. The Morgan fingerprint density at radius 1 is 0.654 bits per heavy atom. The number of benzene rings is 1. The predicted molar refractivity (Wildman–Crippen MR) is 84.5 cm³/mol. The summed E-state index contributed by atoms with van der Waals surface area (Å²) in [6.07, 6.45) is 0. The highest BCUT2D eigenvalue weighted by atomic mass is 16.4. The Kier molecular flexibility index (Phi) is 4.99. The maximum absolute atomic E-state index is 11.1. The minimum atomic E-state index is -1.45. The van der Waals surface area contributed by atoms with Crippen LogP contribution in [-0.4, -0.2) is 49.3 Å². The number of carboxylic acid groups (broad SMARTS) is 4. The summed E-state index contributed by atoms with van der Waals surface area (Å²) in [5.74, 6) is -0.683. The van der Waals surface area contributed by atoms with Crippen LogP contribution in [0.3, 0.4) is 0 Å². The van der Waals surface area contributed by atoms with Gasteiger partial charge in [0.15, 0.2) is 0 Å². The summed E-state index contributed by atoms with van der Waals surface area (Å²) in [5, 5.41) is 35.9. The first-order chi connectivity index (χ1) is 12.2. The number of aromatic carboxylic acids is 4. The number of aromatic nitrogens is 1. The molecule has 26 heavy (non-hydrogen) atoms. The molecule has 0 fully saturated rings. The molecule has 0 saturated heterocycles. The van der Waals surface area contributed by atoms with Crippen molar-refractivity contribution >= 4 is 23.9 Å². The number of carboxylic acids is 4. The number of hydrogen-bond acceptors (Lipinski definition) is 5. The van der Waals surface area contributed by atoms with Crippen LogP contribution in [0.5, 0.6) is 0 Å². The van der Waals surface area contributed by atoms with Gasteiger partial charge in [-0.15, -0.1) is 0 Å². The largest absolute Gasteiger partial charge is 0.478 e.